The smallest absolute Gasteiger partial charge is 0.387 e. The van der Waals surface area contributed by atoms with Gasteiger partial charge in [-0.3, -0.25) is 14.4 Å². The van der Waals surface area contributed by atoms with Crippen LogP contribution in [-0.2, 0) is 20.7 Å². The van der Waals surface area contributed by atoms with Crippen LogP contribution < -0.4 is 14.4 Å². The molecule has 0 N–H and O–H groups in total. The number of esters is 1. The molecule has 1 saturated carbocycles. The molecule has 1 heterocycles. The maximum atomic E-state index is 13.4. The summed E-state index contributed by atoms with van der Waals surface area (Å²) in [5, 5.41) is 0. The van der Waals surface area contributed by atoms with E-state index in [0.29, 0.717) is 19.4 Å². The van der Waals surface area contributed by atoms with Crippen molar-refractivity contribution in [2.75, 3.05) is 25.2 Å². The summed E-state index contributed by atoms with van der Waals surface area (Å²) in [6.45, 7) is -2.98. The second-order valence-electron chi connectivity index (χ2n) is 8.64. The highest BCUT2D eigenvalue weighted by Crippen LogP contribution is 2.36. The van der Waals surface area contributed by atoms with Crippen LogP contribution in [0.5, 0.6) is 11.5 Å². The summed E-state index contributed by atoms with van der Waals surface area (Å²) in [5.41, 5.74) is 2.13. The van der Waals surface area contributed by atoms with E-state index in [0.717, 1.165) is 30.5 Å². The predicted molar refractivity (Wildman–Crippen MR) is 123 cm³/mol. The van der Waals surface area contributed by atoms with E-state index >= 15 is 0 Å². The van der Waals surface area contributed by atoms with Crippen LogP contribution in [0.15, 0.2) is 42.5 Å². The van der Waals surface area contributed by atoms with Crippen LogP contribution in [0, 0.1) is 11.8 Å². The third-order valence-corrected chi connectivity index (χ3v) is 6.59. The third kappa shape index (κ3) is 5.44. The normalized spacial score (nSPS) is 19.3. The number of amides is 1. The number of fused-ring (bicyclic) bond motifs is 1. The van der Waals surface area contributed by atoms with Gasteiger partial charge in [-0.15, -0.1) is 0 Å². The first-order valence-corrected chi connectivity index (χ1v) is 11.6. The van der Waals surface area contributed by atoms with Crippen molar-refractivity contribution in [2.24, 2.45) is 11.8 Å². The Morgan fingerprint density at radius 3 is 2.51 bits per heavy atom. The molecule has 0 spiro atoms. The molecule has 4 rings (SSSR count). The van der Waals surface area contributed by atoms with E-state index in [9.17, 15) is 23.2 Å². The zero-order valence-corrected chi connectivity index (χ0v) is 19.4. The summed E-state index contributed by atoms with van der Waals surface area (Å²) in [6, 6.07) is 11.5. The molecule has 0 unspecified atom stereocenters. The van der Waals surface area contributed by atoms with Crippen LogP contribution in [0.2, 0.25) is 0 Å². The molecule has 2 aliphatic rings. The van der Waals surface area contributed by atoms with Gasteiger partial charge in [-0.2, -0.15) is 8.78 Å². The van der Waals surface area contributed by atoms with Crippen molar-refractivity contribution in [2.45, 2.75) is 38.7 Å². The van der Waals surface area contributed by atoms with E-state index in [-0.39, 0.29) is 23.0 Å². The largest absolute Gasteiger partial charge is 0.493 e. The van der Waals surface area contributed by atoms with Gasteiger partial charge in [-0.1, -0.05) is 31.0 Å². The Labute approximate surface area is 202 Å². The highest BCUT2D eigenvalue weighted by molar-refractivity contribution is 6.00. The van der Waals surface area contributed by atoms with Crippen LogP contribution >= 0.6 is 0 Å². The minimum Gasteiger partial charge on any atom is -0.493 e. The molecule has 0 radical (unpaired) electrons. The van der Waals surface area contributed by atoms with Crippen LogP contribution in [-0.4, -0.2) is 44.5 Å². The second-order valence-corrected chi connectivity index (χ2v) is 8.64. The van der Waals surface area contributed by atoms with Gasteiger partial charge in [0.25, 0.3) is 0 Å². The molecule has 7 nitrogen and oxygen atoms in total. The van der Waals surface area contributed by atoms with E-state index in [1.807, 2.05) is 24.3 Å². The van der Waals surface area contributed by atoms with Crippen molar-refractivity contribution in [3.63, 3.8) is 0 Å². The van der Waals surface area contributed by atoms with Gasteiger partial charge in [0.2, 0.25) is 5.91 Å². The fraction of sp³-hybridized carbons (Fsp3) is 0.423. The topological polar surface area (TPSA) is 82.1 Å². The molecule has 1 amide bonds. The number of benzene rings is 2. The average molecular weight is 487 g/mol. The van der Waals surface area contributed by atoms with Crippen molar-refractivity contribution < 1.29 is 37.4 Å². The summed E-state index contributed by atoms with van der Waals surface area (Å²) in [7, 11) is 1.26. The van der Waals surface area contributed by atoms with E-state index < -0.39 is 36.8 Å². The molecule has 35 heavy (non-hydrogen) atoms. The van der Waals surface area contributed by atoms with Gasteiger partial charge in [0.1, 0.15) is 0 Å². The second kappa shape index (κ2) is 10.8. The summed E-state index contributed by atoms with van der Waals surface area (Å²) in [5.74, 6) is -2.53. The number of para-hydroxylation sites is 1. The number of halogens is 2. The number of hydrogen-bond donors (Lipinski definition) is 0. The van der Waals surface area contributed by atoms with Crippen LogP contribution in [0.3, 0.4) is 0 Å². The lowest BCUT2D eigenvalue weighted by Gasteiger charge is -2.32. The maximum Gasteiger partial charge on any atom is 0.387 e. The molecule has 2 atom stereocenters. The minimum atomic E-state index is -3.04. The Kier molecular flexibility index (Phi) is 7.63. The van der Waals surface area contributed by atoms with E-state index in [2.05, 4.69) is 4.74 Å². The zero-order chi connectivity index (χ0) is 24.9. The van der Waals surface area contributed by atoms with Crippen LogP contribution in [0.25, 0.3) is 0 Å². The Bertz CT molecular complexity index is 1100. The number of methoxy groups -OCH3 is 1. The summed E-state index contributed by atoms with van der Waals surface area (Å²) < 4.78 is 39.7. The Morgan fingerprint density at radius 2 is 1.77 bits per heavy atom. The highest BCUT2D eigenvalue weighted by atomic mass is 19.3. The Hall–Kier alpha value is -3.49. The molecular weight excluding hydrogens is 460 g/mol. The van der Waals surface area contributed by atoms with Gasteiger partial charge < -0.3 is 19.1 Å². The van der Waals surface area contributed by atoms with Gasteiger partial charge in [-0.25, -0.2) is 0 Å². The molecule has 9 heteroatoms. The van der Waals surface area contributed by atoms with Gasteiger partial charge in [-0.05, 0) is 49.1 Å². The Balaban J connectivity index is 1.40. The SMILES string of the molecule is COc1cc(C(=O)COC(=O)[C@H]2CCCC[C@@H]2C(=O)N2CCc3ccccc32)ccc1OC(F)F. The Morgan fingerprint density at radius 1 is 1.03 bits per heavy atom. The fourth-order valence-electron chi connectivity index (χ4n) is 4.84. The van der Waals surface area contributed by atoms with Crippen molar-refractivity contribution in [3.05, 3.63) is 53.6 Å². The van der Waals surface area contributed by atoms with Crippen molar-refractivity contribution in [3.8, 4) is 11.5 Å². The number of ether oxygens (including phenoxy) is 3. The number of nitrogens with zero attached hydrogens (tertiary/aromatic N) is 1. The number of Topliss-reactive ketones (excluding diaryl/α,β-unsaturated/α-hetero) is 1. The lowest BCUT2D eigenvalue weighted by atomic mass is 9.78. The average Bonchev–Trinajstić information content (AvgIpc) is 3.30. The number of alkyl halides is 2. The molecule has 2 aromatic rings. The van der Waals surface area contributed by atoms with E-state index in [1.54, 1.807) is 4.90 Å². The molecule has 0 aromatic heterocycles. The first-order chi connectivity index (χ1) is 16.9. The quantitative estimate of drug-likeness (QED) is 0.405. The molecule has 0 bridgehead atoms. The van der Waals surface area contributed by atoms with Gasteiger partial charge in [0, 0.05) is 17.8 Å². The molecular formula is C26H27F2NO6. The summed E-state index contributed by atoms with van der Waals surface area (Å²) >= 11 is 0. The third-order valence-electron chi connectivity index (χ3n) is 6.59. The first kappa shape index (κ1) is 24.6. The van der Waals surface area contributed by atoms with Crippen LogP contribution in [0.4, 0.5) is 14.5 Å². The number of carbonyl (C=O) groups is 3. The van der Waals surface area contributed by atoms with Crippen molar-refractivity contribution >= 4 is 23.3 Å². The number of rotatable bonds is 8. The van der Waals surface area contributed by atoms with Crippen molar-refractivity contribution in [1.82, 2.24) is 0 Å². The van der Waals surface area contributed by atoms with E-state index in [1.165, 1.54) is 25.3 Å². The molecule has 186 valence electrons. The lowest BCUT2D eigenvalue weighted by molar-refractivity contribution is -0.153. The van der Waals surface area contributed by atoms with Gasteiger partial charge in [0.05, 0.1) is 18.9 Å². The predicted octanol–water partition coefficient (Wildman–Crippen LogP) is 4.42. The van der Waals surface area contributed by atoms with Gasteiger partial charge >= 0.3 is 12.6 Å². The summed E-state index contributed by atoms with van der Waals surface area (Å²) in [4.78, 5) is 40.7. The van der Waals surface area contributed by atoms with Crippen molar-refractivity contribution in [1.29, 1.82) is 0 Å². The standard InChI is InChI=1S/C26H27F2NO6/c1-33-23-14-17(10-11-22(23)35-26(27)28)21(30)15-34-25(32)19-8-4-3-7-18(19)24(31)29-13-12-16-6-2-5-9-20(16)29/h2,5-6,9-11,14,18-19,26H,3-4,7-8,12-13,15H2,1H3/t18-,19-/m0/s1. The fourth-order valence-corrected chi connectivity index (χ4v) is 4.84. The number of ketones is 1. The molecule has 1 aliphatic heterocycles. The van der Waals surface area contributed by atoms with E-state index in [4.69, 9.17) is 9.47 Å². The number of carbonyl (C=O) groups excluding carboxylic acids is 3. The minimum absolute atomic E-state index is 0.0358. The first-order valence-electron chi connectivity index (χ1n) is 11.6. The zero-order valence-electron chi connectivity index (χ0n) is 19.4. The lowest BCUT2D eigenvalue weighted by Crippen LogP contribution is -2.42. The molecule has 2 aromatic carbocycles. The number of anilines is 1. The molecule has 0 saturated heterocycles. The van der Waals surface area contributed by atoms with Crippen LogP contribution in [0.1, 0.15) is 41.6 Å². The molecule has 1 fully saturated rings. The highest BCUT2D eigenvalue weighted by Gasteiger charge is 2.40. The monoisotopic (exact) mass is 487 g/mol. The number of hydrogen-bond acceptors (Lipinski definition) is 6. The maximum absolute atomic E-state index is 13.4. The summed E-state index contributed by atoms with van der Waals surface area (Å²) in [6.07, 6.45) is 3.54. The molecule has 1 aliphatic carbocycles. The van der Waals surface area contributed by atoms with Gasteiger partial charge in [0.15, 0.2) is 23.9 Å².